The average molecular weight is 223 g/mol. The average Bonchev–Trinajstić information content (AvgIpc) is 2.26. The van der Waals surface area contributed by atoms with Crippen molar-refractivity contribution in [3.63, 3.8) is 0 Å². The van der Waals surface area contributed by atoms with Gasteiger partial charge in [0.25, 0.3) is 0 Å². The molecule has 1 rings (SSSR count). The van der Waals surface area contributed by atoms with Crippen LogP contribution in [0.1, 0.15) is 24.5 Å². The van der Waals surface area contributed by atoms with E-state index in [4.69, 9.17) is 10.5 Å². The van der Waals surface area contributed by atoms with Gasteiger partial charge < -0.3 is 10.5 Å². The van der Waals surface area contributed by atoms with E-state index in [-0.39, 0.29) is 12.4 Å². The van der Waals surface area contributed by atoms with Gasteiger partial charge in [0.2, 0.25) is 0 Å². The first-order chi connectivity index (χ1) is 7.63. The summed E-state index contributed by atoms with van der Waals surface area (Å²) in [5.74, 6) is -0.243. The summed E-state index contributed by atoms with van der Waals surface area (Å²) in [6.45, 7) is 6.99. The molecule has 3 heteroatoms. The van der Waals surface area contributed by atoms with Crippen molar-refractivity contribution < 1.29 is 9.13 Å². The van der Waals surface area contributed by atoms with Gasteiger partial charge in [-0.1, -0.05) is 11.6 Å². The molecule has 0 spiro atoms. The minimum Gasteiger partial charge on any atom is -0.376 e. The van der Waals surface area contributed by atoms with Gasteiger partial charge in [-0.2, -0.15) is 0 Å². The van der Waals surface area contributed by atoms with Crippen molar-refractivity contribution in [1.82, 2.24) is 0 Å². The molecular formula is C13H18FNO. The zero-order valence-corrected chi connectivity index (χ0v) is 9.63. The van der Waals surface area contributed by atoms with Crippen LogP contribution in [-0.4, -0.2) is 6.61 Å². The highest BCUT2D eigenvalue weighted by Crippen LogP contribution is 2.12. The van der Waals surface area contributed by atoms with Crippen molar-refractivity contribution in [2.75, 3.05) is 6.61 Å². The van der Waals surface area contributed by atoms with E-state index in [2.05, 4.69) is 6.58 Å². The molecule has 0 aliphatic carbocycles. The zero-order chi connectivity index (χ0) is 12.0. The molecule has 2 nitrogen and oxygen atoms in total. The van der Waals surface area contributed by atoms with Crippen LogP contribution in [0.15, 0.2) is 30.4 Å². The van der Waals surface area contributed by atoms with Crippen molar-refractivity contribution >= 4 is 0 Å². The van der Waals surface area contributed by atoms with E-state index in [9.17, 15) is 4.39 Å². The third-order valence-corrected chi connectivity index (χ3v) is 2.28. The molecule has 0 aromatic heterocycles. The molecule has 1 aromatic rings. The summed E-state index contributed by atoms with van der Waals surface area (Å²) in [6.07, 6.45) is 0.804. The van der Waals surface area contributed by atoms with Gasteiger partial charge in [-0.05, 0) is 31.0 Å². The van der Waals surface area contributed by atoms with Gasteiger partial charge in [-0.25, -0.2) is 4.39 Å². The molecule has 0 aliphatic heterocycles. The number of benzene rings is 1. The summed E-state index contributed by atoms with van der Waals surface area (Å²) < 4.78 is 18.7. The molecule has 0 fully saturated rings. The molecule has 0 heterocycles. The van der Waals surface area contributed by atoms with E-state index in [1.54, 1.807) is 12.1 Å². The first-order valence-electron chi connectivity index (χ1n) is 5.33. The predicted octanol–water partition coefficient (Wildman–Crippen LogP) is 2.77. The van der Waals surface area contributed by atoms with E-state index in [0.29, 0.717) is 18.7 Å². The first kappa shape index (κ1) is 12.9. The second-order valence-corrected chi connectivity index (χ2v) is 3.89. The maximum Gasteiger partial charge on any atom is 0.128 e. The molecule has 0 unspecified atom stereocenters. The molecule has 0 saturated carbocycles. The Bertz CT molecular complexity index is 363. The number of ether oxygens (including phenoxy) is 1. The minimum atomic E-state index is -0.243. The van der Waals surface area contributed by atoms with Crippen molar-refractivity contribution in [3.05, 3.63) is 47.3 Å². The van der Waals surface area contributed by atoms with Crippen LogP contribution in [-0.2, 0) is 17.9 Å². The largest absolute Gasteiger partial charge is 0.376 e. The molecule has 88 valence electrons. The molecular weight excluding hydrogens is 205 g/mol. The highest BCUT2D eigenvalue weighted by atomic mass is 19.1. The lowest BCUT2D eigenvalue weighted by molar-refractivity contribution is 0.121. The topological polar surface area (TPSA) is 35.2 Å². The second kappa shape index (κ2) is 6.40. The molecule has 0 saturated heterocycles. The molecule has 0 aliphatic rings. The van der Waals surface area contributed by atoms with Crippen LogP contribution in [0.25, 0.3) is 0 Å². The fourth-order valence-corrected chi connectivity index (χ4v) is 1.29. The Kier molecular flexibility index (Phi) is 5.15. The third-order valence-electron chi connectivity index (χ3n) is 2.28. The summed E-state index contributed by atoms with van der Waals surface area (Å²) in [6, 6.07) is 4.86. The van der Waals surface area contributed by atoms with Crippen LogP contribution in [0.3, 0.4) is 0 Å². The third kappa shape index (κ3) is 4.13. The Morgan fingerprint density at radius 1 is 1.50 bits per heavy atom. The lowest BCUT2D eigenvalue weighted by Gasteiger charge is -2.07. The van der Waals surface area contributed by atoms with Gasteiger partial charge in [-0.3, -0.25) is 0 Å². The number of hydrogen-bond donors (Lipinski definition) is 1. The van der Waals surface area contributed by atoms with Crippen LogP contribution < -0.4 is 5.73 Å². The summed E-state index contributed by atoms with van der Waals surface area (Å²) in [7, 11) is 0. The van der Waals surface area contributed by atoms with Crippen LogP contribution in [0, 0.1) is 5.82 Å². The normalized spacial score (nSPS) is 10.4. The fraction of sp³-hybridized carbons (Fsp3) is 0.385. The molecule has 1 aromatic carbocycles. The Labute approximate surface area is 95.9 Å². The Morgan fingerprint density at radius 3 is 2.88 bits per heavy atom. The monoisotopic (exact) mass is 223 g/mol. The second-order valence-electron chi connectivity index (χ2n) is 3.89. The van der Waals surface area contributed by atoms with Gasteiger partial charge in [0.15, 0.2) is 0 Å². The van der Waals surface area contributed by atoms with Gasteiger partial charge in [0, 0.05) is 12.1 Å². The summed E-state index contributed by atoms with van der Waals surface area (Å²) in [5, 5.41) is 0. The lowest BCUT2D eigenvalue weighted by Crippen LogP contribution is -2.02. The molecule has 0 atom stereocenters. The Morgan fingerprint density at radius 2 is 2.25 bits per heavy atom. The highest BCUT2D eigenvalue weighted by Gasteiger charge is 2.03. The van der Waals surface area contributed by atoms with Crippen LogP contribution in [0.2, 0.25) is 0 Å². The molecule has 0 amide bonds. The summed E-state index contributed by atoms with van der Waals surface area (Å²) in [5.41, 5.74) is 8.03. The van der Waals surface area contributed by atoms with Gasteiger partial charge in [0.1, 0.15) is 5.82 Å². The van der Waals surface area contributed by atoms with Crippen molar-refractivity contribution in [3.8, 4) is 0 Å². The fourth-order valence-electron chi connectivity index (χ4n) is 1.29. The van der Waals surface area contributed by atoms with E-state index >= 15 is 0 Å². The highest BCUT2D eigenvalue weighted by molar-refractivity contribution is 5.24. The maximum absolute atomic E-state index is 13.4. The lowest BCUT2D eigenvalue weighted by atomic mass is 10.1. The number of hydrogen-bond acceptors (Lipinski definition) is 2. The van der Waals surface area contributed by atoms with Crippen molar-refractivity contribution in [2.24, 2.45) is 5.73 Å². The predicted molar refractivity (Wildman–Crippen MR) is 63.4 cm³/mol. The number of nitrogens with two attached hydrogens (primary N) is 1. The SMILES string of the molecule is C=C(C)CCOCc1cc(CN)ccc1F. The standard InChI is InChI=1S/C13H18FNO/c1-10(2)5-6-16-9-12-7-11(8-15)3-4-13(12)14/h3-4,7H,1,5-6,8-9,15H2,2H3. The molecule has 0 radical (unpaired) electrons. The van der Waals surface area contributed by atoms with E-state index in [1.165, 1.54) is 6.07 Å². The number of halogens is 1. The quantitative estimate of drug-likeness (QED) is 0.594. The zero-order valence-electron chi connectivity index (χ0n) is 9.63. The maximum atomic E-state index is 13.4. The first-order valence-corrected chi connectivity index (χ1v) is 5.33. The van der Waals surface area contributed by atoms with Crippen LogP contribution in [0.5, 0.6) is 0 Å². The van der Waals surface area contributed by atoms with Crippen molar-refractivity contribution in [2.45, 2.75) is 26.5 Å². The van der Waals surface area contributed by atoms with E-state index in [1.807, 2.05) is 6.92 Å². The summed E-state index contributed by atoms with van der Waals surface area (Å²) >= 11 is 0. The molecule has 0 bridgehead atoms. The van der Waals surface area contributed by atoms with Crippen LogP contribution >= 0.6 is 0 Å². The van der Waals surface area contributed by atoms with Gasteiger partial charge in [-0.15, -0.1) is 6.58 Å². The molecule has 2 N–H and O–H groups in total. The number of rotatable bonds is 6. The van der Waals surface area contributed by atoms with Crippen molar-refractivity contribution in [1.29, 1.82) is 0 Å². The van der Waals surface area contributed by atoms with Crippen LogP contribution in [0.4, 0.5) is 4.39 Å². The van der Waals surface area contributed by atoms with E-state index in [0.717, 1.165) is 17.6 Å². The molecule has 16 heavy (non-hydrogen) atoms. The smallest absolute Gasteiger partial charge is 0.128 e. The Hall–Kier alpha value is -1.19. The van der Waals surface area contributed by atoms with Gasteiger partial charge >= 0.3 is 0 Å². The Balaban J connectivity index is 2.49. The minimum absolute atomic E-state index is 0.243. The van der Waals surface area contributed by atoms with Gasteiger partial charge in [0.05, 0.1) is 13.2 Å². The van der Waals surface area contributed by atoms with E-state index < -0.39 is 0 Å². The summed E-state index contributed by atoms with van der Waals surface area (Å²) in [4.78, 5) is 0.